The van der Waals surface area contributed by atoms with Gasteiger partial charge in [-0.15, -0.1) is 0 Å². The van der Waals surface area contributed by atoms with Crippen molar-refractivity contribution in [3.05, 3.63) is 71.1 Å². The molecular formula is C22H21F2N3O4S. The number of fused-ring (bicyclic) bond motifs is 1. The molecule has 0 fully saturated rings. The van der Waals surface area contributed by atoms with Crippen LogP contribution in [0.15, 0.2) is 47.5 Å². The highest BCUT2D eigenvalue weighted by atomic mass is 32.2. The Bertz CT molecular complexity index is 1300. The Balaban J connectivity index is 1.63. The summed E-state index contributed by atoms with van der Waals surface area (Å²) in [6.07, 6.45) is 2.41. The fourth-order valence-corrected chi connectivity index (χ4v) is 4.16. The Morgan fingerprint density at radius 3 is 2.53 bits per heavy atom. The molecule has 0 saturated carbocycles. The van der Waals surface area contributed by atoms with Gasteiger partial charge in [-0.3, -0.25) is 4.79 Å². The smallest absolute Gasteiger partial charge is 0.258 e. The molecule has 0 aliphatic carbocycles. The predicted octanol–water partition coefficient (Wildman–Crippen LogP) is 3.50. The zero-order valence-corrected chi connectivity index (χ0v) is 18.5. The maximum atomic E-state index is 14.1. The molecule has 0 N–H and O–H groups in total. The summed E-state index contributed by atoms with van der Waals surface area (Å²) >= 11 is 0. The molecule has 2 heterocycles. The Morgan fingerprint density at radius 2 is 1.88 bits per heavy atom. The molecule has 7 nitrogen and oxygen atoms in total. The molecule has 0 radical (unpaired) electrons. The molecule has 1 aliphatic heterocycles. The van der Waals surface area contributed by atoms with Crippen LogP contribution in [0.5, 0.6) is 5.75 Å². The third-order valence-electron chi connectivity index (χ3n) is 4.99. The number of amides is 1. The number of carbonyl (C=O) groups is 1. The van der Waals surface area contributed by atoms with Crippen LogP contribution in [0, 0.1) is 11.6 Å². The highest BCUT2D eigenvalue weighted by Crippen LogP contribution is 2.30. The minimum absolute atomic E-state index is 0.0145. The number of hydrogen-bond acceptors (Lipinski definition) is 5. The van der Waals surface area contributed by atoms with Crippen molar-refractivity contribution in [2.24, 2.45) is 0 Å². The summed E-state index contributed by atoms with van der Waals surface area (Å²) in [5, 5.41) is 4.31. The minimum Gasteiger partial charge on any atom is -0.490 e. The van der Waals surface area contributed by atoms with Crippen molar-refractivity contribution in [3.8, 4) is 11.4 Å². The van der Waals surface area contributed by atoms with Gasteiger partial charge in [0.1, 0.15) is 23.1 Å². The van der Waals surface area contributed by atoms with E-state index in [1.54, 1.807) is 20.0 Å². The van der Waals surface area contributed by atoms with E-state index in [4.69, 9.17) is 4.74 Å². The average molecular weight is 461 g/mol. The average Bonchev–Trinajstić information content (AvgIpc) is 3.27. The predicted molar refractivity (Wildman–Crippen MR) is 112 cm³/mol. The molecule has 168 valence electrons. The van der Waals surface area contributed by atoms with Gasteiger partial charge in [0, 0.05) is 30.6 Å². The molecule has 2 aromatic carbocycles. The van der Waals surface area contributed by atoms with Crippen molar-refractivity contribution in [1.82, 2.24) is 14.7 Å². The highest BCUT2D eigenvalue weighted by Gasteiger charge is 2.30. The maximum Gasteiger partial charge on any atom is 0.258 e. The first-order valence-corrected chi connectivity index (χ1v) is 11.7. The summed E-state index contributed by atoms with van der Waals surface area (Å²) in [5.74, 6) is -1.33. The second kappa shape index (κ2) is 8.01. The molecule has 0 atom stereocenters. The van der Waals surface area contributed by atoms with Gasteiger partial charge < -0.3 is 9.64 Å². The lowest BCUT2D eigenvalue weighted by Crippen LogP contribution is -2.27. The lowest BCUT2D eigenvalue weighted by atomic mass is 10.1. The number of aromatic nitrogens is 2. The van der Waals surface area contributed by atoms with Gasteiger partial charge in [0.25, 0.3) is 5.91 Å². The van der Waals surface area contributed by atoms with Crippen molar-refractivity contribution in [2.45, 2.75) is 37.9 Å². The van der Waals surface area contributed by atoms with Crippen LogP contribution in [0.1, 0.15) is 35.5 Å². The number of carbonyl (C=O) groups excluding carboxylic acids is 1. The Kier molecular flexibility index (Phi) is 5.49. The normalized spacial score (nSPS) is 13.5. The maximum absolute atomic E-state index is 14.1. The third-order valence-corrected chi connectivity index (χ3v) is 6.10. The van der Waals surface area contributed by atoms with Gasteiger partial charge in [0.2, 0.25) is 0 Å². The van der Waals surface area contributed by atoms with E-state index in [0.29, 0.717) is 11.3 Å². The summed E-state index contributed by atoms with van der Waals surface area (Å²) in [6.45, 7) is 3.94. The summed E-state index contributed by atoms with van der Waals surface area (Å²) in [4.78, 5) is 14.8. The van der Waals surface area contributed by atoms with Gasteiger partial charge in [0.15, 0.2) is 9.84 Å². The van der Waals surface area contributed by atoms with E-state index in [0.717, 1.165) is 24.5 Å². The van der Waals surface area contributed by atoms with Crippen molar-refractivity contribution >= 4 is 15.7 Å². The Labute approximate surface area is 184 Å². The summed E-state index contributed by atoms with van der Waals surface area (Å²) in [6, 6.07) is 7.29. The molecule has 4 rings (SSSR count). The van der Waals surface area contributed by atoms with Crippen LogP contribution in [-0.4, -0.2) is 41.4 Å². The molecular weight excluding hydrogens is 440 g/mol. The molecule has 32 heavy (non-hydrogen) atoms. The van der Waals surface area contributed by atoms with Crippen LogP contribution >= 0.6 is 0 Å². The first kappa shape index (κ1) is 21.9. The Hall–Kier alpha value is -3.27. The van der Waals surface area contributed by atoms with Crippen LogP contribution in [0.25, 0.3) is 5.69 Å². The largest absolute Gasteiger partial charge is 0.490 e. The number of nitrogens with zero attached hydrogens (tertiary/aromatic N) is 3. The topological polar surface area (TPSA) is 81.5 Å². The molecule has 0 saturated heterocycles. The second-order valence-electron chi connectivity index (χ2n) is 7.90. The molecule has 10 heteroatoms. The zero-order chi connectivity index (χ0) is 23.2. The second-order valence-corrected chi connectivity index (χ2v) is 9.92. The summed E-state index contributed by atoms with van der Waals surface area (Å²) < 4.78 is 58.5. The van der Waals surface area contributed by atoms with Gasteiger partial charge in [-0.2, -0.15) is 5.10 Å². The standard InChI is InChI=1S/C22H21F2N3O4S/c1-13(2)31-21-7-5-16(32(3,29)30)9-17(21)22(28)26-10-14-11-27(25-19(14)12-26)20-8-15(23)4-6-18(20)24/h4-9,11,13H,10,12H2,1-3H3. The van der Waals surface area contributed by atoms with E-state index < -0.39 is 27.4 Å². The van der Waals surface area contributed by atoms with Crippen LogP contribution in [0.2, 0.25) is 0 Å². The van der Waals surface area contributed by atoms with Gasteiger partial charge >= 0.3 is 0 Å². The molecule has 0 unspecified atom stereocenters. The number of benzene rings is 2. The van der Waals surface area contributed by atoms with Gasteiger partial charge in [-0.05, 0) is 44.2 Å². The summed E-state index contributed by atoms with van der Waals surface area (Å²) in [5.41, 5.74) is 1.35. The number of sulfone groups is 1. The third kappa shape index (κ3) is 4.22. The van der Waals surface area contributed by atoms with Crippen LogP contribution in [-0.2, 0) is 22.9 Å². The first-order valence-electron chi connectivity index (χ1n) is 9.86. The molecule has 3 aromatic rings. The SMILES string of the molecule is CC(C)Oc1ccc(S(C)(=O)=O)cc1C(=O)N1Cc2cn(-c3cc(F)ccc3F)nc2C1. The van der Waals surface area contributed by atoms with Crippen LogP contribution < -0.4 is 4.74 Å². The molecule has 1 aromatic heterocycles. The first-order chi connectivity index (χ1) is 15.0. The minimum atomic E-state index is -3.52. The van der Waals surface area contributed by atoms with E-state index >= 15 is 0 Å². The van der Waals surface area contributed by atoms with E-state index in [-0.39, 0.29) is 41.1 Å². The van der Waals surface area contributed by atoms with E-state index in [2.05, 4.69) is 5.10 Å². The fourth-order valence-electron chi connectivity index (χ4n) is 3.52. The molecule has 1 amide bonds. The van der Waals surface area contributed by atoms with E-state index in [1.807, 2.05) is 0 Å². The van der Waals surface area contributed by atoms with Crippen LogP contribution in [0.4, 0.5) is 8.78 Å². The highest BCUT2D eigenvalue weighted by molar-refractivity contribution is 7.90. The lowest BCUT2D eigenvalue weighted by Gasteiger charge is -2.20. The Morgan fingerprint density at radius 1 is 1.12 bits per heavy atom. The summed E-state index contributed by atoms with van der Waals surface area (Å²) in [7, 11) is -3.52. The van der Waals surface area contributed by atoms with Crippen LogP contribution in [0.3, 0.4) is 0 Å². The molecule has 0 spiro atoms. The molecule has 1 aliphatic rings. The van der Waals surface area contributed by atoms with Crippen molar-refractivity contribution in [3.63, 3.8) is 0 Å². The zero-order valence-electron chi connectivity index (χ0n) is 17.7. The number of halogens is 2. The number of ether oxygens (including phenoxy) is 1. The quantitative estimate of drug-likeness (QED) is 0.581. The lowest BCUT2D eigenvalue weighted by molar-refractivity contribution is 0.0742. The van der Waals surface area contributed by atoms with Crippen molar-refractivity contribution in [1.29, 1.82) is 0 Å². The van der Waals surface area contributed by atoms with Gasteiger partial charge in [-0.1, -0.05) is 0 Å². The monoisotopic (exact) mass is 461 g/mol. The van der Waals surface area contributed by atoms with E-state index in [9.17, 15) is 22.0 Å². The number of hydrogen-bond donors (Lipinski definition) is 0. The van der Waals surface area contributed by atoms with Gasteiger partial charge in [0.05, 0.1) is 28.8 Å². The fraction of sp³-hybridized carbons (Fsp3) is 0.273. The molecule has 0 bridgehead atoms. The van der Waals surface area contributed by atoms with E-state index in [1.165, 1.54) is 27.8 Å². The van der Waals surface area contributed by atoms with Crippen molar-refractivity contribution < 1.29 is 26.7 Å². The van der Waals surface area contributed by atoms with Gasteiger partial charge in [-0.25, -0.2) is 21.9 Å². The number of rotatable bonds is 5. The van der Waals surface area contributed by atoms with Crippen molar-refractivity contribution in [2.75, 3.05) is 6.26 Å².